The van der Waals surface area contributed by atoms with Gasteiger partial charge in [-0.25, -0.2) is 0 Å². The minimum Gasteiger partial charge on any atom is -0.350 e. The van der Waals surface area contributed by atoms with Crippen LogP contribution in [0.25, 0.3) is 0 Å². The third kappa shape index (κ3) is 7.61. The lowest BCUT2D eigenvalue weighted by molar-refractivity contribution is -0.128. The van der Waals surface area contributed by atoms with Gasteiger partial charge in [-0.1, -0.05) is 50.3 Å². The highest BCUT2D eigenvalue weighted by atomic mass is 16.2. The van der Waals surface area contributed by atoms with Crippen LogP contribution in [0.4, 0.5) is 0 Å². The number of nitrogens with zero attached hydrogens (tertiary/aromatic N) is 1. The van der Waals surface area contributed by atoms with Crippen LogP contribution in [0.5, 0.6) is 0 Å². The van der Waals surface area contributed by atoms with Crippen molar-refractivity contribution in [1.82, 2.24) is 15.5 Å². The Morgan fingerprint density at radius 2 is 1.83 bits per heavy atom. The molecular formula is C18H27N3O2. The topological polar surface area (TPSA) is 61.4 Å². The van der Waals surface area contributed by atoms with Crippen LogP contribution in [0.3, 0.4) is 0 Å². The first-order valence-electron chi connectivity index (χ1n) is 7.83. The SMILES string of the molecule is CC(C)[C@H](NC(=O)/C=C/CN(C)C)C(=O)NCc1ccccc1. The predicted molar refractivity (Wildman–Crippen MR) is 92.8 cm³/mol. The molecule has 1 aromatic rings. The Labute approximate surface area is 138 Å². The predicted octanol–water partition coefficient (Wildman–Crippen LogP) is 1.56. The molecule has 1 atom stereocenters. The number of hydrogen-bond donors (Lipinski definition) is 2. The maximum atomic E-state index is 12.3. The van der Waals surface area contributed by atoms with E-state index in [-0.39, 0.29) is 17.7 Å². The summed E-state index contributed by atoms with van der Waals surface area (Å²) in [6.07, 6.45) is 3.24. The van der Waals surface area contributed by atoms with Gasteiger partial charge in [0.05, 0.1) is 0 Å². The summed E-state index contributed by atoms with van der Waals surface area (Å²) in [6.45, 7) is 4.96. The monoisotopic (exact) mass is 317 g/mol. The van der Waals surface area contributed by atoms with E-state index in [4.69, 9.17) is 0 Å². The zero-order chi connectivity index (χ0) is 17.2. The maximum Gasteiger partial charge on any atom is 0.244 e. The molecule has 0 aromatic heterocycles. The standard InChI is InChI=1S/C18H27N3O2/c1-14(2)17(20-16(22)11-8-12-21(3)4)18(23)19-13-15-9-6-5-7-10-15/h5-11,14,17H,12-13H2,1-4H3,(H,19,23)(H,20,22)/b11-8+/t17-/m0/s1. The second kappa shape index (κ2) is 9.79. The average molecular weight is 317 g/mol. The van der Waals surface area contributed by atoms with E-state index in [9.17, 15) is 9.59 Å². The number of likely N-dealkylation sites (N-methyl/N-ethyl adjacent to an activating group) is 1. The zero-order valence-corrected chi connectivity index (χ0v) is 14.4. The number of nitrogens with one attached hydrogen (secondary N) is 2. The molecule has 1 aromatic carbocycles. The minimum atomic E-state index is -0.546. The summed E-state index contributed by atoms with van der Waals surface area (Å²) in [4.78, 5) is 26.2. The molecule has 2 amide bonds. The van der Waals surface area contributed by atoms with Gasteiger partial charge in [0.1, 0.15) is 6.04 Å². The van der Waals surface area contributed by atoms with Crippen LogP contribution >= 0.6 is 0 Å². The van der Waals surface area contributed by atoms with E-state index in [2.05, 4.69) is 10.6 Å². The van der Waals surface area contributed by atoms with Crippen molar-refractivity contribution >= 4 is 11.8 Å². The van der Waals surface area contributed by atoms with Crippen LogP contribution in [0, 0.1) is 5.92 Å². The van der Waals surface area contributed by atoms with Crippen molar-refractivity contribution in [3.63, 3.8) is 0 Å². The molecule has 1 rings (SSSR count). The molecule has 0 heterocycles. The molecule has 23 heavy (non-hydrogen) atoms. The van der Waals surface area contributed by atoms with Crippen molar-refractivity contribution in [2.45, 2.75) is 26.4 Å². The average Bonchev–Trinajstić information content (AvgIpc) is 2.50. The van der Waals surface area contributed by atoms with E-state index in [0.29, 0.717) is 13.1 Å². The van der Waals surface area contributed by atoms with Gasteiger partial charge in [-0.2, -0.15) is 0 Å². The Balaban J connectivity index is 2.54. The molecule has 0 saturated carbocycles. The quantitative estimate of drug-likeness (QED) is 0.715. The second-order valence-corrected chi connectivity index (χ2v) is 6.10. The fourth-order valence-corrected chi connectivity index (χ4v) is 2.00. The highest BCUT2D eigenvalue weighted by Crippen LogP contribution is 2.04. The molecule has 2 N–H and O–H groups in total. The lowest BCUT2D eigenvalue weighted by atomic mass is 10.0. The minimum absolute atomic E-state index is 0.0111. The molecule has 0 bridgehead atoms. The van der Waals surface area contributed by atoms with Crippen molar-refractivity contribution in [1.29, 1.82) is 0 Å². The third-order valence-corrected chi connectivity index (χ3v) is 3.30. The maximum absolute atomic E-state index is 12.3. The molecule has 0 aliphatic rings. The molecule has 0 radical (unpaired) electrons. The van der Waals surface area contributed by atoms with Crippen LogP contribution in [-0.4, -0.2) is 43.4 Å². The van der Waals surface area contributed by atoms with Gasteiger partial charge in [-0.3, -0.25) is 9.59 Å². The van der Waals surface area contributed by atoms with Crippen LogP contribution < -0.4 is 10.6 Å². The summed E-state index contributed by atoms with van der Waals surface area (Å²) in [7, 11) is 3.85. The largest absolute Gasteiger partial charge is 0.350 e. The van der Waals surface area contributed by atoms with Gasteiger partial charge in [0, 0.05) is 19.2 Å². The van der Waals surface area contributed by atoms with E-state index in [1.54, 1.807) is 6.08 Å². The fraction of sp³-hybridized carbons (Fsp3) is 0.444. The van der Waals surface area contributed by atoms with Crippen molar-refractivity contribution < 1.29 is 9.59 Å². The molecule has 5 nitrogen and oxygen atoms in total. The summed E-state index contributed by atoms with van der Waals surface area (Å²) >= 11 is 0. The Morgan fingerprint density at radius 1 is 1.17 bits per heavy atom. The first kappa shape index (κ1) is 18.9. The van der Waals surface area contributed by atoms with Gasteiger partial charge in [0.25, 0.3) is 0 Å². The van der Waals surface area contributed by atoms with E-state index in [1.165, 1.54) is 6.08 Å². The van der Waals surface area contributed by atoms with Gasteiger partial charge in [0.15, 0.2) is 0 Å². The summed E-state index contributed by atoms with van der Waals surface area (Å²) in [5.74, 6) is -0.407. The first-order valence-corrected chi connectivity index (χ1v) is 7.83. The molecule has 0 unspecified atom stereocenters. The van der Waals surface area contributed by atoms with E-state index >= 15 is 0 Å². The fourth-order valence-electron chi connectivity index (χ4n) is 2.00. The van der Waals surface area contributed by atoms with Crippen LogP contribution in [0.1, 0.15) is 19.4 Å². The van der Waals surface area contributed by atoms with Gasteiger partial charge >= 0.3 is 0 Å². The van der Waals surface area contributed by atoms with Gasteiger partial charge < -0.3 is 15.5 Å². The Kier molecular flexibility index (Phi) is 8.05. The first-order chi connectivity index (χ1) is 10.9. The van der Waals surface area contributed by atoms with Crippen molar-refractivity contribution in [2.24, 2.45) is 5.92 Å². The van der Waals surface area contributed by atoms with Crippen LogP contribution in [0.15, 0.2) is 42.5 Å². The number of carbonyl (C=O) groups is 2. The van der Waals surface area contributed by atoms with Gasteiger partial charge in [0.2, 0.25) is 11.8 Å². The smallest absolute Gasteiger partial charge is 0.244 e. The highest BCUT2D eigenvalue weighted by Gasteiger charge is 2.23. The normalized spacial score (nSPS) is 12.6. The number of rotatable bonds is 8. The van der Waals surface area contributed by atoms with Gasteiger partial charge in [-0.15, -0.1) is 0 Å². The summed E-state index contributed by atoms with van der Waals surface area (Å²) in [5.41, 5.74) is 1.03. The Hall–Kier alpha value is -2.14. The molecule has 5 heteroatoms. The Bertz CT molecular complexity index is 524. The molecule has 0 aliphatic carbocycles. The van der Waals surface area contributed by atoms with Crippen molar-refractivity contribution in [3.05, 3.63) is 48.0 Å². The number of hydrogen-bond acceptors (Lipinski definition) is 3. The summed E-state index contributed by atoms with van der Waals surface area (Å²) < 4.78 is 0. The highest BCUT2D eigenvalue weighted by molar-refractivity contribution is 5.93. The van der Waals surface area contributed by atoms with Gasteiger partial charge in [-0.05, 0) is 25.6 Å². The molecule has 0 spiro atoms. The molecular weight excluding hydrogens is 290 g/mol. The van der Waals surface area contributed by atoms with Crippen molar-refractivity contribution in [2.75, 3.05) is 20.6 Å². The van der Waals surface area contributed by atoms with Crippen LogP contribution in [0.2, 0.25) is 0 Å². The number of benzene rings is 1. The molecule has 126 valence electrons. The lowest BCUT2D eigenvalue weighted by Crippen LogP contribution is -2.49. The summed E-state index contributed by atoms with van der Waals surface area (Å²) in [6, 6.07) is 9.15. The van der Waals surface area contributed by atoms with E-state index < -0.39 is 6.04 Å². The second-order valence-electron chi connectivity index (χ2n) is 6.10. The van der Waals surface area contributed by atoms with E-state index in [1.807, 2.05) is 63.2 Å². The van der Waals surface area contributed by atoms with Crippen LogP contribution in [-0.2, 0) is 16.1 Å². The lowest BCUT2D eigenvalue weighted by Gasteiger charge is -2.21. The van der Waals surface area contributed by atoms with Crippen molar-refractivity contribution in [3.8, 4) is 0 Å². The molecule has 0 aliphatic heterocycles. The third-order valence-electron chi connectivity index (χ3n) is 3.30. The molecule has 0 saturated heterocycles. The zero-order valence-electron chi connectivity index (χ0n) is 14.4. The number of amides is 2. The molecule has 0 fully saturated rings. The summed E-state index contributed by atoms with van der Waals surface area (Å²) in [5, 5.41) is 5.64. The Morgan fingerprint density at radius 3 is 2.39 bits per heavy atom. The number of carbonyl (C=O) groups excluding carboxylic acids is 2. The van der Waals surface area contributed by atoms with E-state index in [0.717, 1.165) is 5.56 Å².